The van der Waals surface area contributed by atoms with Gasteiger partial charge in [0.1, 0.15) is 5.75 Å². The molecular formula is C15H17BrClNOS. The summed E-state index contributed by atoms with van der Waals surface area (Å²) in [4.78, 5) is 2.51. The van der Waals surface area contributed by atoms with Gasteiger partial charge in [0.2, 0.25) is 0 Å². The fourth-order valence-corrected chi connectivity index (χ4v) is 3.96. The lowest BCUT2D eigenvalue weighted by atomic mass is 10.0. The molecule has 0 spiro atoms. The van der Waals surface area contributed by atoms with Crippen LogP contribution in [0.5, 0.6) is 5.75 Å². The number of rotatable bonds is 5. The monoisotopic (exact) mass is 373 g/mol. The Morgan fingerprint density at radius 3 is 2.70 bits per heavy atom. The predicted octanol–water partition coefficient (Wildman–Crippen LogP) is 5.18. The van der Waals surface area contributed by atoms with E-state index < -0.39 is 0 Å². The molecule has 1 aromatic carbocycles. The van der Waals surface area contributed by atoms with E-state index in [-0.39, 0.29) is 6.04 Å². The number of methoxy groups -OCH3 is 1. The van der Waals surface area contributed by atoms with Crippen molar-refractivity contribution in [2.75, 3.05) is 13.7 Å². The SMILES string of the molecule is CCNC(c1cc(Br)c(C)s1)c1cc(Cl)ccc1OC. The van der Waals surface area contributed by atoms with Gasteiger partial charge >= 0.3 is 0 Å². The van der Waals surface area contributed by atoms with Crippen LogP contribution in [0.2, 0.25) is 5.02 Å². The first-order valence-electron chi connectivity index (χ1n) is 6.39. The summed E-state index contributed by atoms with van der Waals surface area (Å²) in [7, 11) is 1.69. The Hall–Kier alpha value is -0.550. The van der Waals surface area contributed by atoms with Gasteiger partial charge in [-0.05, 0) is 53.7 Å². The average molecular weight is 375 g/mol. The van der Waals surface area contributed by atoms with Crippen molar-refractivity contribution in [3.8, 4) is 5.75 Å². The van der Waals surface area contributed by atoms with Crippen LogP contribution in [0, 0.1) is 6.92 Å². The van der Waals surface area contributed by atoms with Crippen molar-refractivity contribution in [2.24, 2.45) is 0 Å². The first kappa shape index (κ1) is 15.8. The molecule has 0 aliphatic rings. The number of ether oxygens (including phenoxy) is 1. The largest absolute Gasteiger partial charge is 0.496 e. The predicted molar refractivity (Wildman–Crippen MR) is 90.3 cm³/mol. The van der Waals surface area contributed by atoms with Gasteiger partial charge in [-0.3, -0.25) is 0 Å². The number of halogens is 2. The van der Waals surface area contributed by atoms with Gasteiger partial charge in [-0.25, -0.2) is 0 Å². The van der Waals surface area contributed by atoms with Crippen LogP contribution in [0.15, 0.2) is 28.7 Å². The van der Waals surface area contributed by atoms with Crippen molar-refractivity contribution in [1.82, 2.24) is 5.32 Å². The van der Waals surface area contributed by atoms with Crippen LogP contribution >= 0.6 is 38.9 Å². The smallest absolute Gasteiger partial charge is 0.124 e. The van der Waals surface area contributed by atoms with Crippen molar-refractivity contribution in [1.29, 1.82) is 0 Å². The second kappa shape index (κ2) is 6.94. The van der Waals surface area contributed by atoms with Gasteiger partial charge in [-0.15, -0.1) is 11.3 Å². The minimum atomic E-state index is 0.0867. The molecule has 0 amide bonds. The van der Waals surface area contributed by atoms with E-state index in [9.17, 15) is 0 Å². The Kier molecular flexibility index (Phi) is 5.49. The molecule has 0 aliphatic carbocycles. The Labute approximate surface area is 137 Å². The van der Waals surface area contributed by atoms with Crippen LogP contribution in [0.1, 0.15) is 28.3 Å². The highest BCUT2D eigenvalue weighted by molar-refractivity contribution is 9.10. The third-order valence-corrected chi connectivity index (χ3v) is 5.51. The van der Waals surface area contributed by atoms with E-state index in [0.29, 0.717) is 0 Å². The van der Waals surface area contributed by atoms with Crippen molar-refractivity contribution in [2.45, 2.75) is 19.9 Å². The van der Waals surface area contributed by atoms with E-state index in [4.69, 9.17) is 16.3 Å². The summed E-state index contributed by atoms with van der Waals surface area (Å²) in [6.07, 6.45) is 0. The third-order valence-electron chi connectivity index (χ3n) is 3.07. The fraction of sp³-hybridized carbons (Fsp3) is 0.333. The third kappa shape index (κ3) is 3.37. The lowest BCUT2D eigenvalue weighted by molar-refractivity contribution is 0.404. The number of thiophene rings is 1. The molecule has 2 aromatic rings. The fourth-order valence-electron chi connectivity index (χ4n) is 2.12. The van der Waals surface area contributed by atoms with E-state index in [1.165, 1.54) is 9.75 Å². The molecule has 1 atom stereocenters. The van der Waals surface area contributed by atoms with Crippen molar-refractivity contribution < 1.29 is 4.74 Å². The molecular weight excluding hydrogens is 358 g/mol. The lowest BCUT2D eigenvalue weighted by Gasteiger charge is -2.20. The number of hydrogen-bond acceptors (Lipinski definition) is 3. The summed E-state index contributed by atoms with van der Waals surface area (Å²) in [5, 5.41) is 4.23. The molecule has 1 N–H and O–H groups in total. The number of aryl methyl sites for hydroxylation is 1. The van der Waals surface area contributed by atoms with Crippen LogP contribution in [0.3, 0.4) is 0 Å². The Morgan fingerprint density at radius 2 is 2.15 bits per heavy atom. The molecule has 108 valence electrons. The Balaban J connectivity index is 2.50. The normalized spacial score (nSPS) is 12.4. The van der Waals surface area contributed by atoms with Gasteiger partial charge in [0.25, 0.3) is 0 Å². The highest BCUT2D eigenvalue weighted by Gasteiger charge is 2.20. The summed E-state index contributed by atoms with van der Waals surface area (Å²) in [6.45, 7) is 5.07. The molecule has 20 heavy (non-hydrogen) atoms. The minimum absolute atomic E-state index is 0.0867. The molecule has 5 heteroatoms. The van der Waals surface area contributed by atoms with E-state index in [1.807, 2.05) is 18.2 Å². The number of nitrogens with one attached hydrogen (secondary N) is 1. The zero-order chi connectivity index (χ0) is 14.7. The Bertz CT molecular complexity index is 580. The van der Waals surface area contributed by atoms with Crippen LogP contribution in [0.4, 0.5) is 0 Å². The van der Waals surface area contributed by atoms with E-state index >= 15 is 0 Å². The maximum absolute atomic E-state index is 6.15. The maximum Gasteiger partial charge on any atom is 0.124 e. The molecule has 1 aromatic heterocycles. The molecule has 0 radical (unpaired) electrons. The number of benzene rings is 1. The first-order chi connectivity index (χ1) is 9.56. The zero-order valence-electron chi connectivity index (χ0n) is 11.7. The van der Waals surface area contributed by atoms with Gasteiger partial charge in [-0.1, -0.05) is 18.5 Å². The summed E-state index contributed by atoms with van der Waals surface area (Å²) in [6, 6.07) is 7.98. The molecule has 1 heterocycles. The second-order valence-corrected chi connectivity index (χ2v) is 7.01. The number of hydrogen-bond donors (Lipinski definition) is 1. The Morgan fingerprint density at radius 1 is 1.40 bits per heavy atom. The lowest BCUT2D eigenvalue weighted by Crippen LogP contribution is -2.21. The van der Waals surface area contributed by atoms with Crippen LogP contribution in [-0.2, 0) is 0 Å². The standard InChI is InChI=1S/C15H17BrClNOS/c1-4-18-15(14-8-12(16)9(2)20-14)11-7-10(17)5-6-13(11)19-3/h5-8,15,18H,4H2,1-3H3. The molecule has 2 nitrogen and oxygen atoms in total. The molecule has 0 saturated carbocycles. The first-order valence-corrected chi connectivity index (χ1v) is 8.38. The molecule has 1 unspecified atom stereocenters. The highest BCUT2D eigenvalue weighted by atomic mass is 79.9. The van der Waals surface area contributed by atoms with Gasteiger partial charge in [0.15, 0.2) is 0 Å². The van der Waals surface area contributed by atoms with Crippen LogP contribution in [0.25, 0.3) is 0 Å². The maximum atomic E-state index is 6.15. The van der Waals surface area contributed by atoms with E-state index in [0.717, 1.165) is 27.4 Å². The van der Waals surface area contributed by atoms with Crippen molar-refractivity contribution >= 4 is 38.9 Å². The topological polar surface area (TPSA) is 21.3 Å². The van der Waals surface area contributed by atoms with Crippen LogP contribution in [-0.4, -0.2) is 13.7 Å². The minimum Gasteiger partial charge on any atom is -0.496 e. The van der Waals surface area contributed by atoms with Crippen molar-refractivity contribution in [3.05, 3.63) is 49.1 Å². The van der Waals surface area contributed by atoms with E-state index in [1.54, 1.807) is 18.4 Å². The summed E-state index contributed by atoms with van der Waals surface area (Å²) >= 11 is 11.5. The quantitative estimate of drug-likeness (QED) is 0.778. The average Bonchev–Trinajstić information content (AvgIpc) is 2.75. The summed E-state index contributed by atoms with van der Waals surface area (Å²) in [5.41, 5.74) is 1.07. The molecule has 0 bridgehead atoms. The molecule has 0 fully saturated rings. The van der Waals surface area contributed by atoms with Crippen LogP contribution < -0.4 is 10.1 Å². The second-order valence-electron chi connectivity index (χ2n) is 4.43. The molecule has 0 saturated heterocycles. The van der Waals surface area contributed by atoms with Gasteiger partial charge in [0.05, 0.1) is 13.2 Å². The molecule has 0 aliphatic heterocycles. The van der Waals surface area contributed by atoms with Gasteiger partial charge in [-0.2, -0.15) is 0 Å². The van der Waals surface area contributed by atoms with Crippen molar-refractivity contribution in [3.63, 3.8) is 0 Å². The van der Waals surface area contributed by atoms with Gasteiger partial charge in [0, 0.05) is 24.8 Å². The molecule has 2 rings (SSSR count). The summed E-state index contributed by atoms with van der Waals surface area (Å²) in [5.74, 6) is 0.850. The highest BCUT2D eigenvalue weighted by Crippen LogP contribution is 2.37. The summed E-state index contributed by atoms with van der Waals surface area (Å²) < 4.78 is 6.62. The van der Waals surface area contributed by atoms with Gasteiger partial charge < -0.3 is 10.1 Å². The van der Waals surface area contributed by atoms with E-state index in [2.05, 4.69) is 41.2 Å². The zero-order valence-corrected chi connectivity index (χ0v) is 14.8.